The molecule has 6 heteroatoms. The highest BCUT2D eigenvalue weighted by atomic mass is 35.5. The van der Waals surface area contributed by atoms with Gasteiger partial charge in [-0.2, -0.15) is 10.5 Å². The lowest BCUT2D eigenvalue weighted by Crippen LogP contribution is -2.33. The number of amides is 2. The molecule has 2 amide bonds. The van der Waals surface area contributed by atoms with Crippen molar-refractivity contribution in [2.24, 2.45) is 5.92 Å². The van der Waals surface area contributed by atoms with Crippen LogP contribution in [0.5, 0.6) is 0 Å². The molecular formula is C16H14ClN3O2. The number of imide groups is 1. The van der Waals surface area contributed by atoms with Crippen LogP contribution in [-0.4, -0.2) is 23.3 Å². The van der Waals surface area contributed by atoms with E-state index in [0.717, 1.165) is 0 Å². The van der Waals surface area contributed by atoms with Gasteiger partial charge in [0, 0.05) is 30.3 Å². The molecule has 0 aromatic heterocycles. The van der Waals surface area contributed by atoms with E-state index in [4.69, 9.17) is 11.6 Å². The van der Waals surface area contributed by atoms with E-state index in [2.05, 4.69) is 0 Å². The Morgan fingerprint density at radius 2 is 2.00 bits per heavy atom. The first kappa shape index (κ1) is 16.0. The number of carbonyl (C=O) groups excluding carboxylic acids is 2. The fraction of sp³-hybridized carbons (Fsp3) is 0.375. The number of halogens is 1. The van der Waals surface area contributed by atoms with Crippen LogP contribution in [0.4, 0.5) is 0 Å². The van der Waals surface area contributed by atoms with Crippen molar-refractivity contribution >= 4 is 23.4 Å². The van der Waals surface area contributed by atoms with E-state index in [1.165, 1.54) is 4.90 Å². The Bertz CT molecular complexity index is 661. The highest BCUT2D eigenvalue weighted by Gasteiger charge is 2.32. The molecule has 0 unspecified atom stereocenters. The van der Waals surface area contributed by atoms with Crippen LogP contribution in [0.3, 0.4) is 0 Å². The van der Waals surface area contributed by atoms with Crippen LogP contribution < -0.4 is 0 Å². The Morgan fingerprint density at radius 1 is 1.32 bits per heavy atom. The van der Waals surface area contributed by atoms with Gasteiger partial charge in [-0.1, -0.05) is 29.8 Å². The van der Waals surface area contributed by atoms with Crippen LogP contribution in [0.1, 0.15) is 30.7 Å². The summed E-state index contributed by atoms with van der Waals surface area (Å²) in [4.78, 5) is 25.2. The summed E-state index contributed by atoms with van der Waals surface area (Å²) in [7, 11) is 0. The van der Waals surface area contributed by atoms with E-state index in [0.29, 0.717) is 30.0 Å². The van der Waals surface area contributed by atoms with Gasteiger partial charge in [-0.15, -0.1) is 0 Å². The van der Waals surface area contributed by atoms with Crippen LogP contribution in [-0.2, 0) is 9.59 Å². The quantitative estimate of drug-likeness (QED) is 0.854. The maximum atomic E-state index is 12.3. The second-order valence-corrected chi connectivity index (χ2v) is 5.52. The molecule has 1 atom stereocenters. The minimum atomic E-state index is -0.999. The maximum absolute atomic E-state index is 12.3. The number of likely N-dealkylation sites (tertiary alicyclic amines) is 1. The Balaban J connectivity index is 2.28. The van der Waals surface area contributed by atoms with E-state index >= 15 is 0 Å². The van der Waals surface area contributed by atoms with E-state index < -0.39 is 11.8 Å². The topological polar surface area (TPSA) is 85.0 Å². The Kier molecular flexibility index (Phi) is 5.14. The standard InChI is InChI=1S/C16H14ClN3O2/c17-14-5-2-1-4-12(14)13(11(9-18)10-19)8-16(22)20-7-3-6-15(20)21/h1-2,4-5,11,13H,3,6-8H2/t13-/m0/s1. The summed E-state index contributed by atoms with van der Waals surface area (Å²) in [5.74, 6) is -2.21. The van der Waals surface area contributed by atoms with Gasteiger partial charge < -0.3 is 0 Å². The van der Waals surface area contributed by atoms with Crippen molar-refractivity contribution in [2.75, 3.05) is 6.54 Å². The van der Waals surface area contributed by atoms with Gasteiger partial charge in [-0.3, -0.25) is 14.5 Å². The highest BCUT2D eigenvalue weighted by Crippen LogP contribution is 2.33. The molecule has 0 bridgehead atoms. The third-order valence-corrected chi connectivity index (χ3v) is 4.10. The molecule has 0 saturated carbocycles. The van der Waals surface area contributed by atoms with Gasteiger partial charge in [0.05, 0.1) is 12.1 Å². The molecule has 112 valence electrons. The summed E-state index contributed by atoms with van der Waals surface area (Å²) in [6.45, 7) is 0.399. The van der Waals surface area contributed by atoms with Crippen LogP contribution in [0.2, 0.25) is 5.02 Å². The lowest BCUT2D eigenvalue weighted by Gasteiger charge is -2.21. The first-order valence-corrected chi connectivity index (χ1v) is 7.33. The molecule has 1 heterocycles. The van der Waals surface area contributed by atoms with E-state index in [1.54, 1.807) is 24.3 Å². The van der Waals surface area contributed by atoms with Crippen molar-refractivity contribution in [1.82, 2.24) is 4.90 Å². The number of nitrogens with zero attached hydrogens (tertiary/aromatic N) is 3. The molecule has 1 fully saturated rings. The third kappa shape index (κ3) is 3.27. The number of carbonyl (C=O) groups is 2. The van der Waals surface area contributed by atoms with Gasteiger partial charge in [0.15, 0.2) is 0 Å². The van der Waals surface area contributed by atoms with Crippen molar-refractivity contribution in [3.63, 3.8) is 0 Å². The highest BCUT2D eigenvalue weighted by molar-refractivity contribution is 6.31. The number of nitriles is 2. The molecule has 1 saturated heterocycles. The normalized spacial score (nSPS) is 15.5. The van der Waals surface area contributed by atoms with Crippen molar-refractivity contribution in [3.05, 3.63) is 34.9 Å². The van der Waals surface area contributed by atoms with Crippen molar-refractivity contribution in [2.45, 2.75) is 25.2 Å². The molecule has 0 aliphatic carbocycles. The molecule has 0 spiro atoms. The molecule has 0 radical (unpaired) electrons. The number of rotatable bonds is 4. The molecule has 5 nitrogen and oxygen atoms in total. The van der Waals surface area contributed by atoms with E-state index in [9.17, 15) is 20.1 Å². The number of hydrogen-bond acceptors (Lipinski definition) is 4. The largest absolute Gasteiger partial charge is 0.283 e. The van der Waals surface area contributed by atoms with Crippen molar-refractivity contribution in [3.8, 4) is 12.1 Å². The second-order valence-electron chi connectivity index (χ2n) is 5.11. The lowest BCUT2D eigenvalue weighted by atomic mass is 9.84. The molecule has 22 heavy (non-hydrogen) atoms. The molecule has 1 aliphatic rings. The number of benzene rings is 1. The lowest BCUT2D eigenvalue weighted by molar-refractivity contribution is -0.142. The van der Waals surface area contributed by atoms with Gasteiger partial charge in [0.25, 0.3) is 0 Å². The Hall–Kier alpha value is -2.37. The molecular weight excluding hydrogens is 302 g/mol. The molecule has 1 aromatic rings. The fourth-order valence-electron chi connectivity index (χ4n) is 2.60. The molecule has 0 N–H and O–H groups in total. The fourth-order valence-corrected chi connectivity index (χ4v) is 2.88. The second kappa shape index (κ2) is 7.06. The zero-order valence-electron chi connectivity index (χ0n) is 11.8. The van der Waals surface area contributed by atoms with Gasteiger partial charge in [-0.25, -0.2) is 0 Å². The molecule has 1 aromatic carbocycles. The van der Waals surface area contributed by atoms with Gasteiger partial charge >= 0.3 is 0 Å². The van der Waals surface area contributed by atoms with Crippen molar-refractivity contribution < 1.29 is 9.59 Å². The predicted molar refractivity (Wildman–Crippen MR) is 79.5 cm³/mol. The first-order valence-electron chi connectivity index (χ1n) is 6.95. The Morgan fingerprint density at radius 3 is 2.55 bits per heavy atom. The molecule has 2 rings (SSSR count). The van der Waals surface area contributed by atoms with Crippen LogP contribution in [0.25, 0.3) is 0 Å². The van der Waals surface area contributed by atoms with Gasteiger partial charge in [0.1, 0.15) is 5.92 Å². The summed E-state index contributed by atoms with van der Waals surface area (Å²) >= 11 is 6.14. The van der Waals surface area contributed by atoms with Crippen molar-refractivity contribution in [1.29, 1.82) is 10.5 Å². The summed E-state index contributed by atoms with van der Waals surface area (Å²) in [5.41, 5.74) is 0.581. The summed E-state index contributed by atoms with van der Waals surface area (Å²) in [5, 5.41) is 18.7. The van der Waals surface area contributed by atoms with E-state index in [1.807, 2.05) is 12.1 Å². The van der Waals surface area contributed by atoms with Crippen LogP contribution >= 0.6 is 11.6 Å². The minimum Gasteiger partial charge on any atom is -0.283 e. The number of hydrogen-bond donors (Lipinski definition) is 0. The zero-order valence-corrected chi connectivity index (χ0v) is 12.6. The Labute approximate surface area is 133 Å². The average Bonchev–Trinajstić information content (AvgIpc) is 2.94. The van der Waals surface area contributed by atoms with Crippen LogP contribution in [0, 0.1) is 28.6 Å². The maximum Gasteiger partial charge on any atom is 0.229 e. The minimum absolute atomic E-state index is 0.0821. The van der Waals surface area contributed by atoms with E-state index in [-0.39, 0.29) is 18.2 Å². The SMILES string of the molecule is N#CC(C#N)[C@H](CC(=O)N1CCCC1=O)c1ccccc1Cl. The summed E-state index contributed by atoms with van der Waals surface area (Å²) in [6.07, 6.45) is 0.935. The summed E-state index contributed by atoms with van der Waals surface area (Å²) in [6, 6.07) is 10.7. The zero-order chi connectivity index (χ0) is 16.1. The van der Waals surface area contributed by atoms with Gasteiger partial charge in [0.2, 0.25) is 11.8 Å². The molecule has 1 aliphatic heterocycles. The van der Waals surface area contributed by atoms with Crippen LogP contribution in [0.15, 0.2) is 24.3 Å². The van der Waals surface area contributed by atoms with Gasteiger partial charge in [-0.05, 0) is 18.1 Å². The predicted octanol–water partition coefficient (Wildman–Crippen LogP) is 2.63. The average molecular weight is 316 g/mol. The summed E-state index contributed by atoms with van der Waals surface area (Å²) < 4.78 is 0. The third-order valence-electron chi connectivity index (χ3n) is 3.75. The smallest absolute Gasteiger partial charge is 0.229 e. The monoisotopic (exact) mass is 315 g/mol. The first-order chi connectivity index (χ1) is 10.6.